The van der Waals surface area contributed by atoms with E-state index in [9.17, 15) is 23.1 Å². The molecule has 1 amide bonds. The van der Waals surface area contributed by atoms with Crippen LogP contribution in [0.3, 0.4) is 0 Å². The molecule has 1 heterocycles. The molecular weight excluding hydrogens is 437 g/mol. The van der Waals surface area contributed by atoms with Crippen LogP contribution in [0.4, 0.5) is 13.2 Å². The SMILES string of the molecule is CC(C)(C)[C@@H]1CCC2=NN(C(=O)CSCc3ccccc3Cl)[C@](O)(C(F)(F)F)[C@H]2C1. The summed E-state index contributed by atoms with van der Waals surface area (Å²) in [5, 5.41) is 15.6. The van der Waals surface area contributed by atoms with Crippen LogP contribution in [0.2, 0.25) is 5.02 Å². The molecule has 0 bridgehead atoms. The van der Waals surface area contributed by atoms with Gasteiger partial charge in [0.05, 0.1) is 11.7 Å². The number of fused-ring (bicyclic) bond motifs is 1. The Balaban J connectivity index is 1.77. The molecule has 1 aromatic rings. The minimum absolute atomic E-state index is 0.0000236. The second-order valence-corrected chi connectivity index (χ2v) is 10.4. The Morgan fingerprint density at radius 1 is 1.33 bits per heavy atom. The number of aliphatic hydroxyl groups is 1. The molecule has 1 aromatic carbocycles. The number of carbonyl (C=O) groups is 1. The maximum atomic E-state index is 14.0. The van der Waals surface area contributed by atoms with Crippen LogP contribution in [0.5, 0.6) is 0 Å². The Bertz CT molecular complexity index is 840. The van der Waals surface area contributed by atoms with Crippen molar-refractivity contribution in [3.8, 4) is 0 Å². The van der Waals surface area contributed by atoms with Crippen molar-refractivity contribution in [2.45, 2.75) is 57.7 Å². The second kappa shape index (κ2) is 8.36. The van der Waals surface area contributed by atoms with Crippen molar-refractivity contribution in [2.75, 3.05) is 5.75 Å². The highest BCUT2D eigenvalue weighted by atomic mass is 35.5. The van der Waals surface area contributed by atoms with Gasteiger partial charge in [0.2, 0.25) is 0 Å². The molecule has 0 aromatic heterocycles. The fraction of sp³-hybridized carbons (Fsp3) is 0.619. The van der Waals surface area contributed by atoms with E-state index in [-0.39, 0.29) is 34.2 Å². The maximum Gasteiger partial charge on any atom is 0.439 e. The van der Waals surface area contributed by atoms with E-state index >= 15 is 0 Å². The van der Waals surface area contributed by atoms with Gasteiger partial charge in [-0.2, -0.15) is 23.3 Å². The summed E-state index contributed by atoms with van der Waals surface area (Å²) in [5.74, 6) is -1.96. The zero-order chi connectivity index (χ0) is 22.3. The fourth-order valence-corrected chi connectivity index (χ4v) is 5.33. The van der Waals surface area contributed by atoms with Crippen LogP contribution in [0, 0.1) is 17.3 Å². The van der Waals surface area contributed by atoms with Crippen LogP contribution in [0.1, 0.15) is 45.6 Å². The molecule has 2 aliphatic rings. The molecule has 0 radical (unpaired) electrons. The third-order valence-corrected chi connectivity index (χ3v) is 7.36. The maximum absolute atomic E-state index is 14.0. The van der Waals surface area contributed by atoms with Crippen molar-refractivity contribution >= 4 is 35.0 Å². The summed E-state index contributed by atoms with van der Waals surface area (Å²) in [4.78, 5) is 12.7. The molecule has 3 rings (SSSR count). The predicted molar refractivity (Wildman–Crippen MR) is 113 cm³/mol. The van der Waals surface area contributed by atoms with E-state index in [2.05, 4.69) is 5.10 Å². The van der Waals surface area contributed by atoms with E-state index in [0.29, 0.717) is 23.6 Å². The van der Waals surface area contributed by atoms with Crippen molar-refractivity contribution in [3.63, 3.8) is 0 Å². The zero-order valence-corrected chi connectivity index (χ0v) is 18.7. The minimum atomic E-state index is -5.01. The van der Waals surface area contributed by atoms with Gasteiger partial charge < -0.3 is 5.11 Å². The normalized spacial score (nSPS) is 27.1. The van der Waals surface area contributed by atoms with E-state index < -0.39 is 23.7 Å². The number of carbonyl (C=O) groups excluding carboxylic acids is 1. The summed E-state index contributed by atoms with van der Waals surface area (Å²) in [6, 6.07) is 7.08. The lowest BCUT2D eigenvalue weighted by Crippen LogP contribution is -2.62. The van der Waals surface area contributed by atoms with Crippen molar-refractivity contribution in [3.05, 3.63) is 34.9 Å². The van der Waals surface area contributed by atoms with Gasteiger partial charge in [-0.05, 0) is 42.2 Å². The van der Waals surface area contributed by atoms with Crippen LogP contribution in [-0.4, -0.2) is 39.4 Å². The third kappa shape index (κ3) is 4.36. The molecule has 1 N–H and O–H groups in total. The van der Waals surface area contributed by atoms with Gasteiger partial charge in [0, 0.05) is 16.5 Å². The van der Waals surface area contributed by atoms with E-state index in [0.717, 1.165) is 17.3 Å². The topological polar surface area (TPSA) is 52.9 Å². The third-order valence-electron chi connectivity index (χ3n) is 6.03. The number of rotatable bonds is 4. The number of alkyl halides is 3. The van der Waals surface area contributed by atoms with Gasteiger partial charge in [0.15, 0.2) is 0 Å². The highest BCUT2D eigenvalue weighted by molar-refractivity contribution is 7.99. The van der Waals surface area contributed by atoms with Gasteiger partial charge in [-0.15, -0.1) is 11.8 Å². The van der Waals surface area contributed by atoms with Gasteiger partial charge in [0.1, 0.15) is 0 Å². The molecule has 0 spiro atoms. The number of hydrazone groups is 1. The standard InChI is InChI=1S/C21H26ClF3N2O2S/c1-19(2,3)14-8-9-17-15(10-14)20(29,21(23,24)25)27(26-17)18(28)12-30-11-13-6-4-5-7-16(13)22/h4-7,14-15,29H,8-12H2,1-3H3/t14-,15+,20-/m1/s1. The zero-order valence-electron chi connectivity index (χ0n) is 17.2. The highest BCUT2D eigenvalue weighted by Gasteiger charge is 2.69. The lowest BCUT2D eigenvalue weighted by atomic mass is 9.66. The quantitative estimate of drug-likeness (QED) is 0.644. The van der Waals surface area contributed by atoms with Crippen LogP contribution >= 0.6 is 23.4 Å². The Kier molecular flexibility index (Phi) is 6.52. The van der Waals surface area contributed by atoms with Gasteiger partial charge in [-0.1, -0.05) is 50.6 Å². The number of benzene rings is 1. The van der Waals surface area contributed by atoms with Crippen molar-refractivity contribution in [1.82, 2.24) is 5.01 Å². The molecule has 1 saturated carbocycles. The molecular formula is C21H26ClF3N2O2S. The number of thioether (sulfide) groups is 1. The summed E-state index contributed by atoms with van der Waals surface area (Å²) < 4.78 is 42.1. The molecule has 30 heavy (non-hydrogen) atoms. The first-order chi connectivity index (χ1) is 13.9. The lowest BCUT2D eigenvalue weighted by Gasteiger charge is -2.42. The average Bonchev–Trinajstić information content (AvgIpc) is 2.96. The molecule has 1 fully saturated rings. The van der Waals surface area contributed by atoms with E-state index in [1.54, 1.807) is 24.3 Å². The molecule has 166 valence electrons. The summed E-state index contributed by atoms with van der Waals surface area (Å²) >= 11 is 7.23. The molecule has 3 atom stereocenters. The Morgan fingerprint density at radius 3 is 2.60 bits per heavy atom. The van der Waals surface area contributed by atoms with Crippen LogP contribution in [-0.2, 0) is 10.5 Å². The number of nitrogens with zero attached hydrogens (tertiary/aromatic N) is 2. The predicted octanol–water partition coefficient (Wildman–Crippen LogP) is 5.48. The van der Waals surface area contributed by atoms with E-state index in [1.165, 1.54) is 0 Å². The summed E-state index contributed by atoms with van der Waals surface area (Å²) in [5.41, 5.74) is -2.44. The largest absolute Gasteiger partial charge is 0.439 e. The lowest BCUT2D eigenvalue weighted by molar-refractivity contribution is -0.317. The van der Waals surface area contributed by atoms with Crippen molar-refractivity contribution < 1.29 is 23.1 Å². The highest BCUT2D eigenvalue weighted by Crippen LogP contribution is 2.51. The Labute approximate surface area is 183 Å². The summed E-state index contributed by atoms with van der Waals surface area (Å²) in [6.07, 6.45) is -3.82. The minimum Gasteiger partial charge on any atom is -0.362 e. The first kappa shape index (κ1) is 23.4. The van der Waals surface area contributed by atoms with Crippen molar-refractivity contribution in [2.24, 2.45) is 22.4 Å². The molecule has 0 unspecified atom stereocenters. The van der Waals surface area contributed by atoms with Crippen LogP contribution < -0.4 is 0 Å². The average molecular weight is 463 g/mol. The fourth-order valence-electron chi connectivity index (χ4n) is 4.18. The molecule has 0 saturated heterocycles. The van der Waals surface area contributed by atoms with Gasteiger partial charge in [-0.25, -0.2) is 0 Å². The molecule has 1 aliphatic carbocycles. The van der Waals surface area contributed by atoms with Crippen molar-refractivity contribution in [1.29, 1.82) is 0 Å². The monoisotopic (exact) mass is 462 g/mol. The van der Waals surface area contributed by atoms with Gasteiger partial charge in [0.25, 0.3) is 11.6 Å². The van der Waals surface area contributed by atoms with E-state index in [4.69, 9.17) is 11.6 Å². The Hall–Kier alpha value is -1.25. The van der Waals surface area contributed by atoms with E-state index in [1.807, 2.05) is 20.8 Å². The first-order valence-electron chi connectivity index (χ1n) is 9.86. The molecule has 4 nitrogen and oxygen atoms in total. The van der Waals surface area contributed by atoms with Gasteiger partial charge >= 0.3 is 6.18 Å². The number of halogens is 4. The number of hydrogen-bond donors (Lipinski definition) is 1. The smallest absolute Gasteiger partial charge is 0.362 e. The summed E-state index contributed by atoms with van der Waals surface area (Å²) in [6.45, 7) is 5.95. The van der Waals surface area contributed by atoms with Crippen LogP contribution in [0.25, 0.3) is 0 Å². The van der Waals surface area contributed by atoms with Crippen LogP contribution in [0.15, 0.2) is 29.4 Å². The van der Waals surface area contributed by atoms with Gasteiger partial charge in [-0.3, -0.25) is 4.79 Å². The molecule has 1 aliphatic heterocycles. The second-order valence-electron chi connectivity index (χ2n) is 8.99. The first-order valence-corrected chi connectivity index (χ1v) is 11.4. The molecule has 9 heteroatoms. The number of amides is 1. The Morgan fingerprint density at radius 2 is 2.00 bits per heavy atom. The number of hydrogen-bond acceptors (Lipinski definition) is 4. The summed E-state index contributed by atoms with van der Waals surface area (Å²) in [7, 11) is 0.